The van der Waals surface area contributed by atoms with E-state index in [1.807, 2.05) is 0 Å². The normalized spacial score (nSPS) is 16.9. The molecule has 370 valence electrons. The third kappa shape index (κ3) is 12.4. The number of aromatic nitrogens is 3. The Kier molecular flexibility index (Phi) is 14.7. The molecular weight excluding hydrogens is 1000 g/mol. The van der Waals surface area contributed by atoms with Gasteiger partial charge in [0.1, 0.15) is 17.3 Å². The van der Waals surface area contributed by atoms with Crippen LogP contribution in [0.1, 0.15) is 73.5 Å². The number of pyridine rings is 1. The first kappa shape index (κ1) is 52.7. The Labute approximate surface area is 399 Å². The van der Waals surface area contributed by atoms with Crippen LogP contribution >= 0.6 is 0 Å². The standard InChI is InChI=1S/C42H47N7O15S5/c1-41(2)32-21-29(68(59,60)61)10-13-35(32)48(17-5-19-65(51,52)53)37(41)15-8-27(34-12-7-28(23-44-34)40(50)47-26-39-45-24-31(25-46-39)67(43,57)58)9-16-38-42(3,4)33-22-30(69(62,63)64)11-14-36(33)49(38)18-6-20-66(54,55)56/h7-16,21-25H,5-6,17-20,26H2,1-4H3,(H6-,43,47,50,51,52,53,54,55,56,57,58,59,60,61,62,63,64). The van der Waals surface area contributed by atoms with E-state index in [1.54, 1.807) is 61.5 Å². The number of hydrogen-bond donors (Lipinski definition) is 5. The van der Waals surface area contributed by atoms with Crippen LogP contribution in [0.5, 0.6) is 0 Å². The van der Waals surface area contributed by atoms with Gasteiger partial charge in [-0.05, 0) is 80.4 Å². The van der Waals surface area contributed by atoms with E-state index in [2.05, 4.69) is 20.3 Å². The van der Waals surface area contributed by atoms with E-state index in [4.69, 9.17) is 5.14 Å². The number of nitrogens with zero attached hydrogens (tertiary/aromatic N) is 5. The van der Waals surface area contributed by atoms with Crippen molar-refractivity contribution < 1.29 is 69.7 Å². The second-order valence-electron chi connectivity index (χ2n) is 17.0. The maximum absolute atomic E-state index is 13.2. The van der Waals surface area contributed by atoms with Crippen molar-refractivity contribution in [1.82, 2.24) is 20.3 Å². The maximum atomic E-state index is 13.2. The fourth-order valence-corrected chi connectivity index (χ4v) is 10.4. The molecular formula is C42H47N7O15S5. The zero-order valence-electron chi connectivity index (χ0n) is 37.2. The highest BCUT2D eigenvalue weighted by Gasteiger charge is 2.45. The van der Waals surface area contributed by atoms with Crippen LogP contribution in [-0.2, 0) is 67.9 Å². The van der Waals surface area contributed by atoms with Crippen molar-refractivity contribution in [2.45, 2.75) is 72.6 Å². The van der Waals surface area contributed by atoms with Crippen LogP contribution in [-0.4, -0.2) is 116 Å². The number of nitrogens with one attached hydrogen (secondary N) is 1. The van der Waals surface area contributed by atoms with Gasteiger partial charge in [-0.25, -0.2) is 31.9 Å². The zero-order chi connectivity index (χ0) is 51.1. The minimum absolute atomic E-state index is 0.00816. The van der Waals surface area contributed by atoms with Gasteiger partial charge in [0.2, 0.25) is 15.7 Å². The molecule has 0 bridgehead atoms. The van der Waals surface area contributed by atoms with Gasteiger partial charge in [-0.1, -0.05) is 19.9 Å². The van der Waals surface area contributed by atoms with Crippen molar-refractivity contribution >= 4 is 79.1 Å². The molecule has 6 N–H and O–H groups in total. The molecule has 27 heteroatoms. The Bertz CT molecular complexity index is 3430. The van der Waals surface area contributed by atoms with Crippen molar-refractivity contribution in [2.75, 3.05) is 29.5 Å². The molecule has 0 saturated carbocycles. The average molecular weight is 1050 g/mol. The lowest BCUT2D eigenvalue weighted by molar-refractivity contribution is -0.437. The second-order valence-corrected chi connectivity index (χ2v) is 24.5. The molecule has 0 saturated heterocycles. The van der Waals surface area contributed by atoms with E-state index < -0.39 is 78.7 Å². The first-order chi connectivity index (χ1) is 31.8. The fraction of sp³-hybridized carbons (Fsp3) is 0.310. The first-order valence-corrected chi connectivity index (χ1v) is 28.1. The summed E-state index contributed by atoms with van der Waals surface area (Å²) in [6.45, 7) is 6.91. The molecule has 0 atom stereocenters. The minimum Gasteiger partial charge on any atom is -0.748 e. The summed E-state index contributed by atoms with van der Waals surface area (Å²) in [5, 5.41) is 7.72. The summed E-state index contributed by atoms with van der Waals surface area (Å²) in [5.41, 5.74) is 1.57. The number of fused-ring (bicyclic) bond motifs is 2. The zero-order valence-corrected chi connectivity index (χ0v) is 41.3. The molecule has 69 heavy (non-hydrogen) atoms. The molecule has 2 aliphatic heterocycles. The van der Waals surface area contributed by atoms with Crippen LogP contribution in [0.2, 0.25) is 0 Å². The van der Waals surface area contributed by atoms with Gasteiger partial charge in [-0.3, -0.25) is 23.4 Å². The Morgan fingerprint density at radius 3 is 1.97 bits per heavy atom. The molecule has 1 amide bonds. The summed E-state index contributed by atoms with van der Waals surface area (Å²) in [4.78, 5) is 26.3. The van der Waals surface area contributed by atoms with E-state index in [9.17, 15) is 65.1 Å². The Morgan fingerprint density at radius 1 is 0.783 bits per heavy atom. The highest BCUT2D eigenvalue weighted by atomic mass is 32.2. The van der Waals surface area contributed by atoms with Gasteiger partial charge in [0, 0.05) is 65.0 Å². The molecule has 4 aromatic rings. The molecule has 0 spiro atoms. The molecule has 0 radical (unpaired) electrons. The number of sulfonamides is 1. The summed E-state index contributed by atoms with van der Waals surface area (Å²) < 4.78 is 162. The van der Waals surface area contributed by atoms with Gasteiger partial charge in [0.25, 0.3) is 36.3 Å². The predicted molar refractivity (Wildman–Crippen MR) is 250 cm³/mol. The fourth-order valence-electron chi connectivity index (χ4n) is 8.02. The number of rotatable bonds is 18. The average Bonchev–Trinajstić information content (AvgIpc) is 3.58. The monoisotopic (exact) mass is 1050 g/mol. The third-order valence-corrected chi connectivity index (χ3v) is 15.6. The molecule has 2 aromatic heterocycles. The first-order valence-electron chi connectivity index (χ1n) is 20.5. The summed E-state index contributed by atoms with van der Waals surface area (Å²) in [6.07, 6.45) is 9.72. The number of carbonyl (C=O) groups excluding carboxylic acids is 1. The molecule has 22 nitrogen and oxygen atoms in total. The summed E-state index contributed by atoms with van der Waals surface area (Å²) >= 11 is 0. The molecule has 0 fully saturated rings. The minimum atomic E-state index is -4.65. The van der Waals surface area contributed by atoms with Crippen molar-refractivity contribution in [3.8, 4) is 0 Å². The topological polar surface area (TPSA) is 354 Å². The number of amides is 1. The van der Waals surface area contributed by atoms with Crippen LogP contribution in [0.15, 0.2) is 112 Å². The van der Waals surface area contributed by atoms with Crippen molar-refractivity contribution in [3.05, 3.63) is 125 Å². The molecule has 4 heterocycles. The number of allylic oxidation sites excluding steroid dienone is 6. The number of primary sulfonamides is 1. The summed E-state index contributed by atoms with van der Waals surface area (Å²) in [7, 11) is -22.3. The largest absolute Gasteiger partial charge is 0.748 e. The van der Waals surface area contributed by atoms with E-state index in [0.717, 1.165) is 12.4 Å². The van der Waals surface area contributed by atoms with Crippen LogP contribution in [0.3, 0.4) is 0 Å². The van der Waals surface area contributed by atoms with E-state index in [1.165, 1.54) is 54.7 Å². The summed E-state index contributed by atoms with van der Waals surface area (Å²) in [5.74, 6) is -1.83. The number of benzene rings is 2. The van der Waals surface area contributed by atoms with Gasteiger partial charge < -0.3 is 14.8 Å². The second kappa shape index (κ2) is 19.3. The SMILES string of the molecule is CC1(C)C(/C=C/C(=C/C=C2/N(CCCS(=O)(=O)O)c3ccc(S(=O)(=O)O)cc3C2(C)C)c2ccc(C(=O)NCc3ncc(S(N)(=O)=O)cn3)cn2)=[N+](CCCS(=O)(=O)[O-])c2ccc(S(=O)(=O)O)cc21. The molecule has 0 unspecified atom stereocenters. The lowest BCUT2D eigenvalue weighted by Crippen LogP contribution is -2.28. The summed E-state index contributed by atoms with van der Waals surface area (Å²) in [6, 6.07) is 10.9. The number of carbonyl (C=O) groups is 1. The van der Waals surface area contributed by atoms with Crippen LogP contribution in [0.4, 0.5) is 11.4 Å². The van der Waals surface area contributed by atoms with Gasteiger partial charge >= 0.3 is 0 Å². The Balaban J connectivity index is 1.47. The van der Waals surface area contributed by atoms with E-state index in [-0.39, 0.29) is 64.2 Å². The van der Waals surface area contributed by atoms with Crippen molar-refractivity contribution in [3.63, 3.8) is 0 Å². The van der Waals surface area contributed by atoms with Crippen molar-refractivity contribution in [2.24, 2.45) is 5.14 Å². The van der Waals surface area contributed by atoms with Gasteiger partial charge in [0.15, 0.2) is 5.71 Å². The number of anilines is 1. The van der Waals surface area contributed by atoms with Crippen LogP contribution in [0, 0.1) is 0 Å². The third-order valence-electron chi connectivity index (χ3n) is 11.5. The number of nitrogens with two attached hydrogens (primary N) is 1. The van der Waals surface area contributed by atoms with Crippen molar-refractivity contribution in [1.29, 1.82) is 0 Å². The Hall–Kier alpha value is -5.62. The van der Waals surface area contributed by atoms with Crippen LogP contribution in [0.25, 0.3) is 5.57 Å². The maximum Gasteiger partial charge on any atom is 0.294 e. The highest BCUT2D eigenvalue weighted by Crippen LogP contribution is 2.49. The van der Waals surface area contributed by atoms with Gasteiger partial charge in [0.05, 0.1) is 61.3 Å². The van der Waals surface area contributed by atoms with E-state index >= 15 is 0 Å². The van der Waals surface area contributed by atoms with Crippen LogP contribution < -0.4 is 15.4 Å². The van der Waals surface area contributed by atoms with Gasteiger partial charge in [-0.2, -0.15) is 29.8 Å². The number of hydrogen-bond acceptors (Lipinski definition) is 16. The lowest BCUT2D eigenvalue weighted by atomic mass is 9.81. The predicted octanol–water partition coefficient (Wildman–Crippen LogP) is 2.85. The molecule has 2 aliphatic rings. The quantitative estimate of drug-likeness (QED) is 0.0543. The smallest absolute Gasteiger partial charge is 0.294 e. The molecule has 2 aromatic carbocycles. The Morgan fingerprint density at radius 2 is 1.41 bits per heavy atom. The molecule has 0 aliphatic carbocycles. The lowest BCUT2D eigenvalue weighted by Gasteiger charge is -2.27. The molecule has 6 rings (SSSR count). The highest BCUT2D eigenvalue weighted by molar-refractivity contribution is 7.89. The van der Waals surface area contributed by atoms with E-state index in [0.29, 0.717) is 39.5 Å². The van der Waals surface area contributed by atoms with Gasteiger partial charge in [-0.15, -0.1) is 0 Å².